The summed E-state index contributed by atoms with van der Waals surface area (Å²) in [6.07, 6.45) is 0. The summed E-state index contributed by atoms with van der Waals surface area (Å²) in [5.41, 5.74) is 1.34. The van der Waals surface area contributed by atoms with E-state index in [0.717, 1.165) is 18.8 Å². The lowest BCUT2D eigenvalue weighted by Crippen LogP contribution is -2.61. The van der Waals surface area contributed by atoms with Crippen LogP contribution in [0.3, 0.4) is 0 Å². The highest BCUT2D eigenvalue weighted by Crippen LogP contribution is 2.28. The first kappa shape index (κ1) is 13.0. The van der Waals surface area contributed by atoms with E-state index < -0.39 is 0 Å². The molecule has 2 heterocycles. The maximum absolute atomic E-state index is 4.62. The number of nitrogens with one attached hydrogen (secondary N) is 1. The lowest BCUT2D eigenvalue weighted by atomic mass is 9.98. The minimum absolute atomic E-state index is 0.201. The van der Waals surface area contributed by atoms with Crippen LogP contribution in [0, 0.1) is 6.92 Å². The second-order valence-electron chi connectivity index (χ2n) is 5.79. The van der Waals surface area contributed by atoms with Gasteiger partial charge in [-0.25, -0.2) is 4.98 Å². The van der Waals surface area contributed by atoms with Gasteiger partial charge in [-0.3, -0.25) is 4.90 Å². The first-order chi connectivity index (χ1) is 7.89. The molecule has 0 amide bonds. The number of thiazole rings is 1. The quantitative estimate of drug-likeness (QED) is 0.878. The van der Waals surface area contributed by atoms with Gasteiger partial charge >= 0.3 is 0 Å². The van der Waals surface area contributed by atoms with Crippen LogP contribution in [-0.4, -0.2) is 34.6 Å². The van der Waals surface area contributed by atoms with Crippen LogP contribution < -0.4 is 5.32 Å². The Morgan fingerprint density at radius 1 is 1.59 bits per heavy atom. The highest BCUT2D eigenvalue weighted by Gasteiger charge is 2.33. The molecule has 0 aliphatic carbocycles. The first-order valence-electron chi connectivity index (χ1n) is 6.32. The maximum atomic E-state index is 4.62. The van der Waals surface area contributed by atoms with E-state index in [-0.39, 0.29) is 5.54 Å². The number of aryl methyl sites for hydroxylation is 1. The van der Waals surface area contributed by atoms with Crippen LogP contribution in [0.2, 0.25) is 0 Å². The van der Waals surface area contributed by atoms with Crippen molar-refractivity contribution in [2.45, 2.75) is 52.2 Å². The molecule has 1 fully saturated rings. The van der Waals surface area contributed by atoms with Gasteiger partial charge in [-0.15, -0.1) is 11.3 Å². The molecule has 2 unspecified atom stereocenters. The fourth-order valence-corrected chi connectivity index (χ4v) is 3.31. The van der Waals surface area contributed by atoms with E-state index in [4.69, 9.17) is 0 Å². The monoisotopic (exact) mass is 253 g/mol. The predicted octanol–water partition coefficient (Wildman–Crippen LogP) is 2.58. The topological polar surface area (TPSA) is 28.2 Å². The normalized spacial score (nSPS) is 27.0. The van der Waals surface area contributed by atoms with Crippen LogP contribution >= 0.6 is 11.3 Å². The summed E-state index contributed by atoms with van der Waals surface area (Å²) in [4.78, 5) is 7.19. The second kappa shape index (κ2) is 4.67. The Morgan fingerprint density at radius 2 is 2.29 bits per heavy atom. The summed E-state index contributed by atoms with van der Waals surface area (Å²) in [5.74, 6) is 0. The molecular formula is C13H23N3S. The van der Waals surface area contributed by atoms with Crippen molar-refractivity contribution in [2.24, 2.45) is 0 Å². The zero-order valence-electron chi connectivity index (χ0n) is 11.4. The van der Waals surface area contributed by atoms with Gasteiger partial charge in [0, 0.05) is 35.7 Å². The van der Waals surface area contributed by atoms with Crippen molar-refractivity contribution >= 4 is 11.3 Å². The van der Waals surface area contributed by atoms with E-state index in [9.17, 15) is 0 Å². The smallest absolute Gasteiger partial charge is 0.110 e. The lowest BCUT2D eigenvalue weighted by Gasteiger charge is -2.45. The Morgan fingerprint density at radius 3 is 2.88 bits per heavy atom. The SMILES string of the molecule is Cc1csc(C(C)N2CC(C)(C)NCC2C)n1. The third kappa shape index (κ3) is 2.87. The Bertz CT molecular complexity index is 386. The number of piperazine rings is 1. The van der Waals surface area contributed by atoms with Gasteiger partial charge in [0.2, 0.25) is 0 Å². The van der Waals surface area contributed by atoms with Gasteiger partial charge in [-0.2, -0.15) is 0 Å². The minimum atomic E-state index is 0.201. The van der Waals surface area contributed by atoms with E-state index in [1.807, 2.05) is 0 Å². The van der Waals surface area contributed by atoms with E-state index in [1.165, 1.54) is 5.01 Å². The Kier molecular flexibility index (Phi) is 3.57. The highest BCUT2D eigenvalue weighted by molar-refractivity contribution is 7.09. The van der Waals surface area contributed by atoms with Crippen molar-refractivity contribution in [3.8, 4) is 0 Å². The van der Waals surface area contributed by atoms with Crippen molar-refractivity contribution in [2.75, 3.05) is 13.1 Å². The highest BCUT2D eigenvalue weighted by atomic mass is 32.1. The summed E-state index contributed by atoms with van der Waals surface area (Å²) in [7, 11) is 0. The third-order valence-electron chi connectivity index (χ3n) is 3.51. The standard InChI is InChI=1S/C13H23N3S/c1-9-7-17-12(15-9)11(3)16-8-13(4,5)14-6-10(16)2/h7,10-11,14H,6,8H2,1-5H3. The van der Waals surface area contributed by atoms with Crippen molar-refractivity contribution < 1.29 is 0 Å². The van der Waals surface area contributed by atoms with Crippen molar-refractivity contribution in [3.05, 3.63) is 16.1 Å². The molecule has 4 heteroatoms. The molecule has 1 aromatic rings. The Balaban J connectivity index is 2.14. The van der Waals surface area contributed by atoms with Crippen LogP contribution in [0.25, 0.3) is 0 Å². The Labute approximate surface area is 108 Å². The van der Waals surface area contributed by atoms with Gasteiger partial charge < -0.3 is 5.32 Å². The average molecular weight is 253 g/mol. The molecule has 1 aromatic heterocycles. The molecule has 1 aliphatic rings. The molecule has 1 aliphatic heterocycles. The molecule has 2 atom stereocenters. The molecule has 1 saturated heterocycles. The van der Waals surface area contributed by atoms with E-state index in [2.05, 4.69) is 55.2 Å². The van der Waals surface area contributed by atoms with Gasteiger partial charge in [0.05, 0.1) is 6.04 Å². The molecule has 1 N–H and O–H groups in total. The molecule has 2 rings (SSSR count). The Hall–Kier alpha value is -0.450. The molecular weight excluding hydrogens is 230 g/mol. The molecule has 0 bridgehead atoms. The number of rotatable bonds is 2. The second-order valence-corrected chi connectivity index (χ2v) is 6.68. The number of hydrogen-bond donors (Lipinski definition) is 1. The molecule has 96 valence electrons. The number of nitrogens with zero attached hydrogens (tertiary/aromatic N) is 2. The predicted molar refractivity (Wildman–Crippen MR) is 73.5 cm³/mol. The van der Waals surface area contributed by atoms with Gasteiger partial charge in [-0.1, -0.05) is 0 Å². The van der Waals surface area contributed by atoms with Crippen LogP contribution in [0.5, 0.6) is 0 Å². The zero-order valence-corrected chi connectivity index (χ0v) is 12.3. The third-order valence-corrected chi connectivity index (χ3v) is 4.64. The van der Waals surface area contributed by atoms with Crippen molar-refractivity contribution in [1.29, 1.82) is 0 Å². The number of aromatic nitrogens is 1. The van der Waals surface area contributed by atoms with Crippen LogP contribution in [0.4, 0.5) is 0 Å². The fourth-order valence-electron chi connectivity index (χ4n) is 2.43. The summed E-state index contributed by atoms with van der Waals surface area (Å²) >= 11 is 1.78. The minimum Gasteiger partial charge on any atom is -0.309 e. The van der Waals surface area contributed by atoms with Gasteiger partial charge in [-0.05, 0) is 34.6 Å². The van der Waals surface area contributed by atoms with Crippen LogP contribution in [-0.2, 0) is 0 Å². The molecule has 0 aromatic carbocycles. The van der Waals surface area contributed by atoms with E-state index in [0.29, 0.717) is 12.1 Å². The fraction of sp³-hybridized carbons (Fsp3) is 0.769. The average Bonchev–Trinajstić information content (AvgIpc) is 2.68. The molecule has 0 saturated carbocycles. The molecule has 0 spiro atoms. The van der Waals surface area contributed by atoms with Gasteiger partial charge in [0.25, 0.3) is 0 Å². The lowest BCUT2D eigenvalue weighted by molar-refractivity contribution is 0.0688. The van der Waals surface area contributed by atoms with Gasteiger partial charge in [0.15, 0.2) is 0 Å². The molecule has 17 heavy (non-hydrogen) atoms. The van der Waals surface area contributed by atoms with Crippen molar-refractivity contribution in [1.82, 2.24) is 15.2 Å². The van der Waals surface area contributed by atoms with Crippen LogP contribution in [0.1, 0.15) is 44.4 Å². The first-order valence-corrected chi connectivity index (χ1v) is 7.20. The summed E-state index contributed by atoms with van der Waals surface area (Å²) < 4.78 is 0. The van der Waals surface area contributed by atoms with Crippen molar-refractivity contribution in [3.63, 3.8) is 0 Å². The molecule has 0 radical (unpaired) electrons. The van der Waals surface area contributed by atoms with E-state index in [1.54, 1.807) is 11.3 Å². The van der Waals surface area contributed by atoms with Gasteiger partial charge in [0.1, 0.15) is 5.01 Å². The number of hydrogen-bond acceptors (Lipinski definition) is 4. The largest absolute Gasteiger partial charge is 0.309 e. The molecule has 3 nitrogen and oxygen atoms in total. The summed E-state index contributed by atoms with van der Waals surface area (Å²) in [6.45, 7) is 13.3. The summed E-state index contributed by atoms with van der Waals surface area (Å²) in [5, 5.41) is 6.98. The van der Waals surface area contributed by atoms with E-state index >= 15 is 0 Å². The van der Waals surface area contributed by atoms with Crippen LogP contribution in [0.15, 0.2) is 5.38 Å². The zero-order chi connectivity index (χ0) is 12.6. The summed E-state index contributed by atoms with van der Waals surface area (Å²) in [6, 6.07) is 0.993. The maximum Gasteiger partial charge on any atom is 0.110 e.